The minimum atomic E-state index is -0.230. The van der Waals surface area contributed by atoms with Crippen molar-refractivity contribution in [3.05, 3.63) is 11.5 Å². The van der Waals surface area contributed by atoms with Crippen molar-refractivity contribution in [2.24, 2.45) is 0 Å². The Morgan fingerprint density at radius 3 is 2.24 bits per heavy atom. The van der Waals surface area contributed by atoms with Gasteiger partial charge in [-0.3, -0.25) is 0 Å². The van der Waals surface area contributed by atoms with E-state index in [1.54, 1.807) is 0 Å². The number of halogens is 1. The van der Waals surface area contributed by atoms with Gasteiger partial charge in [-0.1, -0.05) is 6.08 Å². The molecule has 1 fully saturated rings. The zero-order chi connectivity index (χ0) is 12.0. The lowest BCUT2D eigenvalue weighted by Crippen LogP contribution is -2.41. The molecule has 0 bridgehead atoms. The minimum Gasteiger partial charge on any atom is -0.400 e. The second-order valence-corrected chi connectivity index (χ2v) is 5.88. The molecule has 5 heteroatoms. The average molecular weight is 260 g/mol. The standard InChI is InChI=1S/C12H22BNO2.ClH/c1-9-8-10(6-7-14-9)13-15-11(2,3)12(4,5)16-13;/h6,9,14H,7-8H2,1-5H3;1H/t9-;/m1./s1. The Kier molecular flexibility index (Phi) is 4.35. The van der Waals surface area contributed by atoms with Crippen molar-refractivity contribution in [3.8, 4) is 0 Å². The van der Waals surface area contributed by atoms with Crippen LogP contribution < -0.4 is 5.32 Å². The summed E-state index contributed by atoms with van der Waals surface area (Å²) in [6.45, 7) is 11.5. The first kappa shape index (κ1) is 15.0. The molecule has 2 aliphatic rings. The molecule has 3 nitrogen and oxygen atoms in total. The molecule has 2 aliphatic heterocycles. The fourth-order valence-electron chi connectivity index (χ4n) is 2.09. The van der Waals surface area contributed by atoms with Crippen LogP contribution in [-0.2, 0) is 9.31 Å². The molecule has 1 saturated heterocycles. The lowest BCUT2D eigenvalue weighted by Gasteiger charge is -2.32. The molecule has 0 saturated carbocycles. The van der Waals surface area contributed by atoms with E-state index in [4.69, 9.17) is 9.31 Å². The van der Waals surface area contributed by atoms with Crippen LogP contribution in [0.4, 0.5) is 0 Å². The van der Waals surface area contributed by atoms with Gasteiger partial charge in [-0.05, 0) is 46.5 Å². The predicted octanol–water partition coefficient (Wildman–Crippen LogP) is 2.35. The van der Waals surface area contributed by atoms with E-state index in [-0.39, 0.29) is 30.7 Å². The second-order valence-electron chi connectivity index (χ2n) is 5.88. The largest absolute Gasteiger partial charge is 0.490 e. The highest BCUT2D eigenvalue weighted by Gasteiger charge is 2.52. The van der Waals surface area contributed by atoms with Gasteiger partial charge in [0.15, 0.2) is 0 Å². The van der Waals surface area contributed by atoms with Crippen molar-refractivity contribution in [2.75, 3.05) is 6.54 Å². The van der Waals surface area contributed by atoms with Gasteiger partial charge in [0, 0.05) is 12.6 Å². The summed E-state index contributed by atoms with van der Waals surface area (Å²) in [6, 6.07) is 0.513. The zero-order valence-corrected chi connectivity index (χ0v) is 12.2. The summed E-state index contributed by atoms with van der Waals surface area (Å²) in [5.74, 6) is 0. The van der Waals surface area contributed by atoms with E-state index in [1.165, 1.54) is 5.47 Å². The van der Waals surface area contributed by atoms with Crippen LogP contribution in [0.3, 0.4) is 0 Å². The van der Waals surface area contributed by atoms with Crippen molar-refractivity contribution < 1.29 is 9.31 Å². The number of nitrogens with one attached hydrogen (secondary N) is 1. The molecular formula is C12H23BClNO2. The molecule has 0 radical (unpaired) electrons. The lowest BCUT2D eigenvalue weighted by molar-refractivity contribution is 0.00578. The molecule has 2 rings (SSSR count). The summed E-state index contributed by atoms with van der Waals surface area (Å²) in [7, 11) is -0.158. The molecule has 2 heterocycles. The maximum Gasteiger partial charge on any atom is 0.490 e. The third-order valence-electron chi connectivity index (χ3n) is 3.93. The van der Waals surface area contributed by atoms with E-state index in [9.17, 15) is 0 Å². The van der Waals surface area contributed by atoms with E-state index in [1.807, 2.05) is 0 Å². The maximum atomic E-state index is 6.03. The Hall–Kier alpha value is -0.0251. The molecule has 0 unspecified atom stereocenters. The number of hydrogen-bond acceptors (Lipinski definition) is 3. The second kappa shape index (κ2) is 4.92. The average Bonchev–Trinajstić information content (AvgIpc) is 2.36. The highest BCUT2D eigenvalue weighted by Crippen LogP contribution is 2.39. The Labute approximate surface area is 111 Å². The Morgan fingerprint density at radius 2 is 1.76 bits per heavy atom. The third kappa shape index (κ3) is 2.87. The van der Waals surface area contributed by atoms with Crippen molar-refractivity contribution in [1.82, 2.24) is 5.32 Å². The van der Waals surface area contributed by atoms with Gasteiger partial charge in [-0.15, -0.1) is 12.4 Å². The van der Waals surface area contributed by atoms with Gasteiger partial charge < -0.3 is 14.6 Å². The third-order valence-corrected chi connectivity index (χ3v) is 3.93. The summed E-state index contributed by atoms with van der Waals surface area (Å²) >= 11 is 0. The molecular weight excluding hydrogens is 236 g/mol. The summed E-state index contributed by atoms with van der Waals surface area (Å²) in [4.78, 5) is 0. The first-order chi connectivity index (χ1) is 7.32. The van der Waals surface area contributed by atoms with E-state index in [0.29, 0.717) is 6.04 Å². The number of rotatable bonds is 1. The fraction of sp³-hybridized carbons (Fsp3) is 0.833. The Balaban J connectivity index is 0.00000144. The highest BCUT2D eigenvalue weighted by molar-refractivity contribution is 6.54. The molecule has 0 aliphatic carbocycles. The van der Waals surface area contributed by atoms with Gasteiger partial charge >= 0.3 is 7.12 Å². The van der Waals surface area contributed by atoms with Crippen LogP contribution in [0.1, 0.15) is 41.0 Å². The first-order valence-corrected chi connectivity index (χ1v) is 6.10. The van der Waals surface area contributed by atoms with Gasteiger partial charge in [0.05, 0.1) is 11.2 Å². The highest BCUT2D eigenvalue weighted by atomic mass is 35.5. The Morgan fingerprint density at radius 1 is 1.24 bits per heavy atom. The zero-order valence-electron chi connectivity index (χ0n) is 11.4. The molecule has 1 N–H and O–H groups in total. The van der Waals surface area contributed by atoms with Gasteiger partial charge in [-0.25, -0.2) is 0 Å². The summed E-state index contributed by atoms with van der Waals surface area (Å²) in [5, 5.41) is 3.39. The molecule has 0 aromatic carbocycles. The smallest absolute Gasteiger partial charge is 0.400 e. The van der Waals surface area contributed by atoms with Crippen molar-refractivity contribution >= 4 is 19.5 Å². The molecule has 0 aromatic heterocycles. The lowest BCUT2D eigenvalue weighted by atomic mass is 9.73. The molecule has 98 valence electrons. The molecule has 0 amide bonds. The summed E-state index contributed by atoms with van der Waals surface area (Å²) in [6.07, 6.45) is 3.21. The first-order valence-electron chi connectivity index (χ1n) is 6.10. The van der Waals surface area contributed by atoms with Crippen molar-refractivity contribution in [1.29, 1.82) is 0 Å². The van der Waals surface area contributed by atoms with Crippen LogP contribution in [0, 0.1) is 0 Å². The van der Waals surface area contributed by atoms with E-state index < -0.39 is 0 Å². The van der Waals surface area contributed by atoms with Gasteiger partial charge in [0.1, 0.15) is 0 Å². The van der Waals surface area contributed by atoms with Crippen LogP contribution in [-0.4, -0.2) is 30.9 Å². The van der Waals surface area contributed by atoms with Crippen LogP contribution in [0.15, 0.2) is 11.5 Å². The van der Waals surface area contributed by atoms with Gasteiger partial charge in [0.25, 0.3) is 0 Å². The molecule has 1 atom stereocenters. The van der Waals surface area contributed by atoms with E-state index in [0.717, 1.165) is 13.0 Å². The van der Waals surface area contributed by atoms with Crippen molar-refractivity contribution in [3.63, 3.8) is 0 Å². The molecule has 0 aromatic rings. The monoisotopic (exact) mass is 259 g/mol. The van der Waals surface area contributed by atoms with Gasteiger partial charge in [-0.2, -0.15) is 0 Å². The minimum absolute atomic E-state index is 0. The van der Waals surface area contributed by atoms with Gasteiger partial charge in [0.2, 0.25) is 0 Å². The molecule has 0 spiro atoms. The maximum absolute atomic E-state index is 6.03. The van der Waals surface area contributed by atoms with E-state index >= 15 is 0 Å². The number of hydrogen-bond donors (Lipinski definition) is 1. The molecule has 17 heavy (non-hydrogen) atoms. The SMILES string of the molecule is C[C@@H]1CC(B2OC(C)(C)C(C)(C)O2)=CCN1.Cl. The van der Waals surface area contributed by atoms with Crippen molar-refractivity contribution in [2.45, 2.75) is 58.3 Å². The van der Waals surface area contributed by atoms with Crippen LogP contribution in [0.2, 0.25) is 0 Å². The quantitative estimate of drug-likeness (QED) is 0.733. The summed E-state index contributed by atoms with van der Waals surface area (Å²) in [5.41, 5.74) is 0.823. The van der Waals surface area contributed by atoms with Crippen LogP contribution in [0.25, 0.3) is 0 Å². The predicted molar refractivity (Wildman–Crippen MR) is 73.5 cm³/mol. The van der Waals surface area contributed by atoms with Crippen LogP contribution >= 0.6 is 12.4 Å². The summed E-state index contributed by atoms with van der Waals surface area (Å²) < 4.78 is 12.1. The fourth-order valence-corrected chi connectivity index (χ4v) is 2.09. The Bertz CT molecular complexity index is 302. The topological polar surface area (TPSA) is 30.5 Å². The van der Waals surface area contributed by atoms with Crippen LogP contribution in [0.5, 0.6) is 0 Å². The normalized spacial score (nSPS) is 30.8. The van der Waals surface area contributed by atoms with E-state index in [2.05, 4.69) is 46.0 Å².